The molecule has 0 aliphatic carbocycles. The fraction of sp³-hybridized carbons (Fsp3) is 0.200. The second-order valence-corrected chi connectivity index (χ2v) is 3.23. The number of benzene rings is 1. The Morgan fingerprint density at radius 2 is 2.23 bits per heavy atom. The van der Waals surface area contributed by atoms with E-state index in [1.165, 1.54) is 0 Å². The summed E-state index contributed by atoms with van der Waals surface area (Å²) in [5.41, 5.74) is 7.53. The largest absolute Gasteiger partial charge is 0.460 e. The molecule has 0 fully saturated rings. The van der Waals surface area contributed by atoms with Crippen LogP contribution in [0, 0.1) is 0 Å². The number of para-hydroxylation sites is 1. The van der Waals surface area contributed by atoms with Gasteiger partial charge < -0.3 is 10.2 Å². The highest BCUT2D eigenvalue weighted by Gasteiger charge is 2.05. The van der Waals surface area contributed by atoms with Crippen LogP contribution in [0.2, 0.25) is 0 Å². The van der Waals surface area contributed by atoms with Crippen molar-refractivity contribution in [2.45, 2.75) is 12.3 Å². The maximum atomic E-state index is 5.59. The maximum Gasteiger partial charge on any atom is 0.138 e. The Kier molecular flexibility index (Phi) is 2.29. The summed E-state index contributed by atoms with van der Waals surface area (Å²) < 4.78 is 5.58. The first kappa shape index (κ1) is 8.66. The fourth-order valence-corrected chi connectivity index (χ4v) is 1.57. The van der Waals surface area contributed by atoms with Crippen LogP contribution in [0.4, 0.5) is 0 Å². The molecule has 0 unspecified atom stereocenters. The lowest BCUT2D eigenvalue weighted by Crippen LogP contribution is -1.95. The number of hydrogen-bond acceptors (Lipinski definition) is 3. The highest BCUT2D eigenvalue weighted by molar-refractivity contribution is 7.79. The molecule has 2 aromatic rings. The van der Waals surface area contributed by atoms with E-state index >= 15 is 0 Å². The number of thiol groups is 1. The molecule has 0 atom stereocenters. The SMILES string of the molecule is NCc1cccc2cc(CS)oc12. The van der Waals surface area contributed by atoms with Crippen LogP contribution in [-0.2, 0) is 12.3 Å². The van der Waals surface area contributed by atoms with Gasteiger partial charge in [-0.15, -0.1) is 0 Å². The minimum atomic E-state index is 0.511. The molecule has 2 rings (SSSR count). The Morgan fingerprint density at radius 1 is 1.38 bits per heavy atom. The second kappa shape index (κ2) is 3.44. The lowest BCUT2D eigenvalue weighted by molar-refractivity contribution is 0.571. The van der Waals surface area contributed by atoms with Gasteiger partial charge in [0.1, 0.15) is 11.3 Å². The van der Waals surface area contributed by atoms with Crippen LogP contribution in [0.15, 0.2) is 28.7 Å². The molecule has 0 saturated heterocycles. The summed E-state index contributed by atoms with van der Waals surface area (Å²) in [6.45, 7) is 0.511. The third-order valence-electron chi connectivity index (χ3n) is 2.05. The smallest absolute Gasteiger partial charge is 0.138 e. The van der Waals surface area contributed by atoms with Gasteiger partial charge in [-0.2, -0.15) is 12.6 Å². The fourth-order valence-electron chi connectivity index (χ4n) is 1.42. The zero-order valence-corrected chi connectivity index (χ0v) is 8.05. The summed E-state index contributed by atoms with van der Waals surface area (Å²) in [5, 5.41) is 1.10. The predicted octanol–water partition coefficient (Wildman–Crippen LogP) is 2.32. The third-order valence-corrected chi connectivity index (χ3v) is 2.36. The standard InChI is InChI=1S/C10H11NOS/c11-5-8-3-1-2-7-4-9(6-13)12-10(7)8/h1-4,13H,5-6,11H2. The van der Waals surface area contributed by atoms with Crippen molar-refractivity contribution in [2.24, 2.45) is 5.73 Å². The lowest BCUT2D eigenvalue weighted by Gasteiger charge is -1.95. The monoisotopic (exact) mass is 193 g/mol. The molecular formula is C10H11NOS. The molecule has 0 bridgehead atoms. The lowest BCUT2D eigenvalue weighted by atomic mass is 10.1. The van der Waals surface area contributed by atoms with E-state index in [-0.39, 0.29) is 0 Å². The summed E-state index contributed by atoms with van der Waals surface area (Å²) >= 11 is 4.16. The van der Waals surface area contributed by atoms with E-state index in [9.17, 15) is 0 Å². The number of rotatable bonds is 2. The molecule has 0 saturated carbocycles. The van der Waals surface area contributed by atoms with Crippen LogP contribution in [-0.4, -0.2) is 0 Å². The first-order valence-corrected chi connectivity index (χ1v) is 4.79. The summed E-state index contributed by atoms with van der Waals surface area (Å²) in [4.78, 5) is 0. The Morgan fingerprint density at radius 3 is 2.92 bits per heavy atom. The Labute approximate surface area is 82.1 Å². The molecule has 0 radical (unpaired) electrons. The number of hydrogen-bond donors (Lipinski definition) is 2. The van der Waals surface area contributed by atoms with E-state index < -0.39 is 0 Å². The van der Waals surface area contributed by atoms with Crippen molar-refractivity contribution >= 4 is 23.6 Å². The molecule has 1 heterocycles. The van der Waals surface area contributed by atoms with Gasteiger partial charge in [0.05, 0.1) is 0 Å². The summed E-state index contributed by atoms with van der Waals surface area (Å²) in [7, 11) is 0. The summed E-state index contributed by atoms with van der Waals surface area (Å²) in [6, 6.07) is 7.99. The van der Waals surface area contributed by atoms with E-state index in [1.54, 1.807) is 0 Å². The van der Waals surface area contributed by atoms with Crippen LogP contribution >= 0.6 is 12.6 Å². The predicted molar refractivity (Wildman–Crippen MR) is 56.8 cm³/mol. The zero-order valence-electron chi connectivity index (χ0n) is 7.16. The van der Waals surface area contributed by atoms with Crippen LogP contribution in [0.3, 0.4) is 0 Å². The van der Waals surface area contributed by atoms with Gasteiger partial charge in [-0.3, -0.25) is 0 Å². The highest BCUT2D eigenvalue weighted by atomic mass is 32.1. The molecular weight excluding hydrogens is 182 g/mol. The number of fused-ring (bicyclic) bond motifs is 1. The molecule has 68 valence electrons. The second-order valence-electron chi connectivity index (χ2n) is 2.91. The molecule has 2 N–H and O–H groups in total. The van der Waals surface area contributed by atoms with Gasteiger partial charge in [-0.25, -0.2) is 0 Å². The van der Waals surface area contributed by atoms with Gasteiger partial charge in [-0.05, 0) is 6.07 Å². The Bertz CT molecular complexity index is 422. The Hall–Kier alpha value is -0.930. The van der Waals surface area contributed by atoms with Crippen molar-refractivity contribution in [2.75, 3.05) is 0 Å². The first-order valence-electron chi connectivity index (χ1n) is 4.16. The average molecular weight is 193 g/mol. The minimum absolute atomic E-state index is 0.511. The maximum absolute atomic E-state index is 5.59. The Balaban J connectivity index is 2.67. The quantitative estimate of drug-likeness (QED) is 0.718. The zero-order chi connectivity index (χ0) is 9.26. The molecule has 0 aliphatic rings. The van der Waals surface area contributed by atoms with Crippen LogP contribution in [0.5, 0.6) is 0 Å². The average Bonchev–Trinajstić information content (AvgIpc) is 2.59. The molecule has 1 aromatic carbocycles. The summed E-state index contributed by atoms with van der Waals surface area (Å²) in [6.07, 6.45) is 0. The van der Waals surface area contributed by atoms with Gasteiger partial charge in [0.15, 0.2) is 0 Å². The van der Waals surface area contributed by atoms with E-state index in [1.807, 2.05) is 24.3 Å². The summed E-state index contributed by atoms with van der Waals surface area (Å²) in [5.74, 6) is 1.51. The third kappa shape index (κ3) is 1.45. The highest BCUT2D eigenvalue weighted by Crippen LogP contribution is 2.23. The number of nitrogens with two attached hydrogens (primary N) is 1. The van der Waals surface area contributed by atoms with Crippen molar-refractivity contribution in [3.8, 4) is 0 Å². The molecule has 13 heavy (non-hydrogen) atoms. The van der Waals surface area contributed by atoms with Gasteiger partial charge in [0.2, 0.25) is 0 Å². The van der Waals surface area contributed by atoms with Gasteiger partial charge in [0.25, 0.3) is 0 Å². The minimum Gasteiger partial charge on any atom is -0.460 e. The van der Waals surface area contributed by atoms with Crippen LogP contribution in [0.25, 0.3) is 11.0 Å². The van der Waals surface area contributed by atoms with Crippen molar-refractivity contribution in [3.05, 3.63) is 35.6 Å². The van der Waals surface area contributed by atoms with E-state index in [4.69, 9.17) is 10.2 Å². The molecule has 0 amide bonds. The van der Waals surface area contributed by atoms with Crippen molar-refractivity contribution in [3.63, 3.8) is 0 Å². The van der Waals surface area contributed by atoms with Crippen molar-refractivity contribution < 1.29 is 4.42 Å². The van der Waals surface area contributed by atoms with Gasteiger partial charge in [0, 0.05) is 23.2 Å². The normalized spacial score (nSPS) is 10.9. The van der Waals surface area contributed by atoms with Crippen molar-refractivity contribution in [1.29, 1.82) is 0 Å². The van der Waals surface area contributed by atoms with Gasteiger partial charge in [-0.1, -0.05) is 18.2 Å². The van der Waals surface area contributed by atoms with E-state index in [2.05, 4.69) is 12.6 Å². The van der Waals surface area contributed by atoms with Gasteiger partial charge >= 0.3 is 0 Å². The molecule has 2 nitrogen and oxygen atoms in total. The van der Waals surface area contributed by atoms with Crippen LogP contribution in [0.1, 0.15) is 11.3 Å². The topological polar surface area (TPSA) is 39.2 Å². The molecule has 0 aliphatic heterocycles. The molecule has 1 aromatic heterocycles. The van der Waals surface area contributed by atoms with E-state index in [0.717, 1.165) is 22.3 Å². The molecule has 0 spiro atoms. The molecule has 3 heteroatoms. The van der Waals surface area contributed by atoms with Crippen LogP contribution < -0.4 is 5.73 Å². The first-order chi connectivity index (χ1) is 6.35. The number of furan rings is 1. The van der Waals surface area contributed by atoms with Crippen molar-refractivity contribution in [1.82, 2.24) is 0 Å². The van der Waals surface area contributed by atoms with E-state index in [0.29, 0.717) is 12.3 Å².